The topological polar surface area (TPSA) is 48.4 Å². The van der Waals surface area contributed by atoms with Gasteiger partial charge in [-0.3, -0.25) is 0 Å². The molecule has 21 heavy (non-hydrogen) atoms. The van der Waals surface area contributed by atoms with Crippen molar-refractivity contribution >= 4 is 11.0 Å². The second-order valence-corrected chi connectivity index (χ2v) is 5.12. The van der Waals surface area contributed by atoms with Gasteiger partial charge in [0.1, 0.15) is 17.1 Å². The van der Waals surface area contributed by atoms with Crippen molar-refractivity contribution in [1.82, 2.24) is 0 Å². The van der Waals surface area contributed by atoms with Crippen LogP contribution in [0.15, 0.2) is 52.9 Å². The molecule has 1 aromatic heterocycles. The zero-order valence-corrected chi connectivity index (χ0v) is 12.3. The van der Waals surface area contributed by atoms with E-state index in [2.05, 4.69) is 0 Å². The van der Waals surface area contributed by atoms with Crippen LogP contribution in [0.2, 0.25) is 0 Å². The molecule has 2 N–H and O–H groups in total. The number of benzene rings is 2. The summed E-state index contributed by atoms with van der Waals surface area (Å²) in [6.45, 7) is 4.67. The third-order valence-electron chi connectivity index (χ3n) is 3.62. The zero-order chi connectivity index (χ0) is 14.8. The van der Waals surface area contributed by atoms with Crippen LogP contribution in [0, 0.1) is 6.92 Å². The molecule has 0 amide bonds. The van der Waals surface area contributed by atoms with Gasteiger partial charge in [-0.05, 0) is 43.2 Å². The van der Waals surface area contributed by atoms with Crippen LogP contribution in [0.3, 0.4) is 0 Å². The van der Waals surface area contributed by atoms with Crippen LogP contribution in [0.25, 0.3) is 11.0 Å². The van der Waals surface area contributed by atoms with E-state index in [0.717, 1.165) is 33.6 Å². The van der Waals surface area contributed by atoms with Crippen LogP contribution in [-0.2, 0) is 0 Å². The predicted octanol–water partition coefficient (Wildman–Crippen LogP) is 4.19. The summed E-state index contributed by atoms with van der Waals surface area (Å²) in [7, 11) is 0. The molecule has 0 fully saturated rings. The summed E-state index contributed by atoms with van der Waals surface area (Å²) >= 11 is 0. The standard InChI is InChI=1S/C18H19NO2/c1-3-20-15-9-7-13(8-10-15)17(19)16-11-14-6-4-5-12(2)18(14)21-16/h4-11,17H,3,19H2,1-2H3. The number of ether oxygens (including phenoxy) is 1. The summed E-state index contributed by atoms with van der Waals surface area (Å²) in [5.74, 6) is 1.64. The summed E-state index contributed by atoms with van der Waals surface area (Å²) in [6, 6.07) is 15.7. The molecule has 3 nitrogen and oxygen atoms in total. The first-order valence-electron chi connectivity index (χ1n) is 7.16. The van der Waals surface area contributed by atoms with Crippen LogP contribution < -0.4 is 10.5 Å². The molecule has 3 aromatic rings. The van der Waals surface area contributed by atoms with E-state index >= 15 is 0 Å². The molecule has 3 rings (SSSR count). The van der Waals surface area contributed by atoms with Gasteiger partial charge in [-0.1, -0.05) is 30.3 Å². The van der Waals surface area contributed by atoms with Gasteiger partial charge in [-0.25, -0.2) is 0 Å². The van der Waals surface area contributed by atoms with Crippen molar-refractivity contribution < 1.29 is 9.15 Å². The monoisotopic (exact) mass is 281 g/mol. The van der Waals surface area contributed by atoms with E-state index in [4.69, 9.17) is 14.9 Å². The first-order chi connectivity index (χ1) is 10.2. The molecule has 0 saturated heterocycles. The van der Waals surface area contributed by atoms with Crippen molar-refractivity contribution in [3.63, 3.8) is 0 Å². The smallest absolute Gasteiger partial charge is 0.137 e. The van der Waals surface area contributed by atoms with Crippen molar-refractivity contribution in [2.24, 2.45) is 5.73 Å². The lowest BCUT2D eigenvalue weighted by molar-refractivity contribution is 0.340. The lowest BCUT2D eigenvalue weighted by Crippen LogP contribution is -2.10. The van der Waals surface area contributed by atoms with Gasteiger partial charge in [0.25, 0.3) is 0 Å². The van der Waals surface area contributed by atoms with Crippen molar-refractivity contribution in [3.8, 4) is 5.75 Å². The Labute approximate surface area is 124 Å². The molecule has 1 atom stereocenters. The number of hydrogen-bond acceptors (Lipinski definition) is 3. The number of hydrogen-bond donors (Lipinski definition) is 1. The van der Waals surface area contributed by atoms with E-state index in [9.17, 15) is 0 Å². The number of fused-ring (bicyclic) bond motifs is 1. The summed E-state index contributed by atoms with van der Waals surface area (Å²) < 4.78 is 11.4. The first-order valence-corrected chi connectivity index (χ1v) is 7.16. The quantitative estimate of drug-likeness (QED) is 0.780. The van der Waals surface area contributed by atoms with Crippen molar-refractivity contribution in [2.45, 2.75) is 19.9 Å². The molecular formula is C18H19NO2. The summed E-state index contributed by atoms with van der Waals surface area (Å²) in [6.07, 6.45) is 0. The van der Waals surface area contributed by atoms with E-state index < -0.39 is 0 Å². The van der Waals surface area contributed by atoms with Crippen molar-refractivity contribution in [3.05, 3.63) is 65.4 Å². The van der Waals surface area contributed by atoms with Gasteiger partial charge >= 0.3 is 0 Å². The van der Waals surface area contributed by atoms with Crippen LogP contribution in [-0.4, -0.2) is 6.61 Å². The molecule has 0 radical (unpaired) electrons. The molecule has 0 bridgehead atoms. The normalized spacial score (nSPS) is 12.5. The van der Waals surface area contributed by atoms with Crippen molar-refractivity contribution in [2.75, 3.05) is 6.61 Å². The van der Waals surface area contributed by atoms with Gasteiger partial charge in [0.2, 0.25) is 0 Å². The summed E-state index contributed by atoms with van der Waals surface area (Å²) in [4.78, 5) is 0. The van der Waals surface area contributed by atoms with E-state index in [1.807, 2.05) is 62.4 Å². The number of para-hydroxylation sites is 1. The van der Waals surface area contributed by atoms with E-state index in [0.29, 0.717) is 6.61 Å². The van der Waals surface area contributed by atoms with Gasteiger partial charge in [-0.2, -0.15) is 0 Å². The molecule has 0 aliphatic carbocycles. The fourth-order valence-electron chi connectivity index (χ4n) is 2.48. The average molecular weight is 281 g/mol. The predicted molar refractivity (Wildman–Crippen MR) is 84.6 cm³/mol. The Balaban J connectivity index is 1.92. The van der Waals surface area contributed by atoms with E-state index in [-0.39, 0.29) is 6.04 Å². The lowest BCUT2D eigenvalue weighted by Gasteiger charge is -2.10. The Morgan fingerprint density at radius 3 is 2.57 bits per heavy atom. The number of furan rings is 1. The minimum atomic E-state index is -0.271. The molecular weight excluding hydrogens is 262 g/mol. The van der Waals surface area contributed by atoms with Crippen LogP contribution in [0.4, 0.5) is 0 Å². The molecule has 0 spiro atoms. The highest BCUT2D eigenvalue weighted by Gasteiger charge is 2.15. The molecule has 108 valence electrons. The highest BCUT2D eigenvalue weighted by molar-refractivity contribution is 5.81. The maximum atomic E-state index is 6.32. The Morgan fingerprint density at radius 2 is 1.90 bits per heavy atom. The lowest BCUT2D eigenvalue weighted by atomic mass is 10.0. The fraction of sp³-hybridized carbons (Fsp3) is 0.222. The number of nitrogens with two attached hydrogens (primary N) is 1. The Hall–Kier alpha value is -2.26. The number of rotatable bonds is 4. The molecule has 1 heterocycles. The highest BCUT2D eigenvalue weighted by atomic mass is 16.5. The number of aryl methyl sites for hydroxylation is 1. The molecule has 1 unspecified atom stereocenters. The zero-order valence-electron chi connectivity index (χ0n) is 12.3. The van der Waals surface area contributed by atoms with Gasteiger partial charge in [0, 0.05) is 5.39 Å². The first kappa shape index (κ1) is 13.7. The van der Waals surface area contributed by atoms with Crippen LogP contribution in [0.1, 0.15) is 29.9 Å². The SMILES string of the molecule is CCOc1ccc(C(N)c2cc3cccc(C)c3o2)cc1. The highest BCUT2D eigenvalue weighted by Crippen LogP contribution is 2.29. The second-order valence-electron chi connectivity index (χ2n) is 5.12. The average Bonchev–Trinajstić information content (AvgIpc) is 2.93. The Kier molecular flexibility index (Phi) is 3.67. The molecule has 0 saturated carbocycles. The summed E-state index contributed by atoms with van der Waals surface area (Å²) in [5.41, 5.74) is 9.36. The Bertz CT molecular complexity index is 744. The third kappa shape index (κ3) is 2.65. The van der Waals surface area contributed by atoms with Crippen LogP contribution in [0.5, 0.6) is 5.75 Å². The fourth-order valence-corrected chi connectivity index (χ4v) is 2.48. The van der Waals surface area contributed by atoms with Gasteiger partial charge in [-0.15, -0.1) is 0 Å². The Morgan fingerprint density at radius 1 is 1.14 bits per heavy atom. The van der Waals surface area contributed by atoms with Crippen molar-refractivity contribution in [1.29, 1.82) is 0 Å². The second kappa shape index (κ2) is 5.62. The third-order valence-corrected chi connectivity index (χ3v) is 3.62. The maximum Gasteiger partial charge on any atom is 0.137 e. The van der Waals surface area contributed by atoms with E-state index in [1.54, 1.807) is 0 Å². The maximum absolute atomic E-state index is 6.32. The van der Waals surface area contributed by atoms with Crippen LogP contribution >= 0.6 is 0 Å². The van der Waals surface area contributed by atoms with Gasteiger partial charge in [0.15, 0.2) is 0 Å². The molecule has 0 aliphatic rings. The largest absolute Gasteiger partial charge is 0.494 e. The van der Waals surface area contributed by atoms with Gasteiger partial charge in [0.05, 0.1) is 12.6 Å². The van der Waals surface area contributed by atoms with Gasteiger partial charge < -0.3 is 14.9 Å². The molecule has 3 heteroatoms. The molecule has 2 aromatic carbocycles. The minimum absolute atomic E-state index is 0.271. The molecule has 0 aliphatic heterocycles. The van der Waals surface area contributed by atoms with E-state index in [1.165, 1.54) is 0 Å². The minimum Gasteiger partial charge on any atom is -0.494 e. The summed E-state index contributed by atoms with van der Waals surface area (Å²) in [5, 5.41) is 1.09.